The number of para-hydroxylation sites is 1. The molecule has 0 bridgehead atoms. The van der Waals surface area contributed by atoms with Gasteiger partial charge in [-0.15, -0.1) is 0 Å². The Labute approximate surface area is 135 Å². The maximum Gasteiger partial charge on any atom is 0.280 e. The molecule has 24 heavy (non-hydrogen) atoms. The molecule has 1 atom stereocenters. The van der Waals surface area contributed by atoms with Gasteiger partial charge < -0.3 is 0 Å². The Morgan fingerprint density at radius 1 is 0.917 bits per heavy atom. The van der Waals surface area contributed by atoms with Crippen LogP contribution in [0.15, 0.2) is 54.6 Å². The van der Waals surface area contributed by atoms with E-state index in [-0.39, 0.29) is 16.8 Å². The number of ketones is 2. The molecule has 0 fully saturated rings. The zero-order valence-electron chi connectivity index (χ0n) is 12.3. The van der Waals surface area contributed by atoms with Crippen LogP contribution in [0.1, 0.15) is 32.3 Å². The molecule has 1 heterocycles. The van der Waals surface area contributed by atoms with Gasteiger partial charge in [0.1, 0.15) is 11.5 Å². The normalized spacial score (nSPS) is 16.4. The Morgan fingerprint density at radius 3 is 2.50 bits per heavy atom. The number of nitro benzene ring substituents is 1. The Morgan fingerprint density at radius 2 is 1.71 bits per heavy atom. The first-order valence-electron chi connectivity index (χ1n) is 7.29. The van der Waals surface area contributed by atoms with Crippen molar-refractivity contribution >= 4 is 28.2 Å². The number of rotatable bonds is 2. The number of nitro groups is 1. The molecule has 0 saturated heterocycles. The minimum atomic E-state index is -1.12. The Bertz CT molecular complexity index is 1040. The van der Waals surface area contributed by atoms with Crippen LogP contribution < -0.4 is 0 Å². The topological polar surface area (TPSA) is 90.2 Å². The van der Waals surface area contributed by atoms with Gasteiger partial charge in [0.05, 0.1) is 16.1 Å². The van der Waals surface area contributed by atoms with Crippen molar-refractivity contribution in [3.63, 3.8) is 0 Å². The summed E-state index contributed by atoms with van der Waals surface area (Å²) in [6.45, 7) is 0. The zero-order chi connectivity index (χ0) is 16.8. The van der Waals surface area contributed by atoms with Gasteiger partial charge in [0.25, 0.3) is 5.69 Å². The van der Waals surface area contributed by atoms with E-state index < -0.39 is 22.4 Å². The highest BCUT2D eigenvalue weighted by atomic mass is 16.6. The van der Waals surface area contributed by atoms with Crippen LogP contribution in [0, 0.1) is 10.1 Å². The number of benzene rings is 2. The largest absolute Gasteiger partial charge is 0.293 e. The highest BCUT2D eigenvalue weighted by Gasteiger charge is 2.44. The third-order valence-corrected chi connectivity index (χ3v) is 4.19. The lowest BCUT2D eigenvalue weighted by Gasteiger charge is -2.07. The molecule has 0 spiro atoms. The van der Waals surface area contributed by atoms with Gasteiger partial charge in [0.15, 0.2) is 11.6 Å². The highest BCUT2D eigenvalue weighted by molar-refractivity contribution is 6.31. The molecule has 1 aliphatic carbocycles. The van der Waals surface area contributed by atoms with Crippen LogP contribution in [-0.4, -0.2) is 21.5 Å². The summed E-state index contributed by atoms with van der Waals surface area (Å²) in [5, 5.41) is 12.0. The monoisotopic (exact) mass is 318 g/mol. The van der Waals surface area contributed by atoms with Crippen molar-refractivity contribution in [1.29, 1.82) is 0 Å². The molecule has 6 heteroatoms. The number of Topliss-reactive ketones (excluding diaryl/α,β-unsaturated/α-hetero) is 2. The van der Waals surface area contributed by atoms with E-state index in [4.69, 9.17) is 0 Å². The number of hydrogen-bond acceptors (Lipinski definition) is 5. The van der Waals surface area contributed by atoms with Crippen LogP contribution in [0.3, 0.4) is 0 Å². The van der Waals surface area contributed by atoms with E-state index in [0.717, 1.165) is 5.39 Å². The van der Waals surface area contributed by atoms with E-state index >= 15 is 0 Å². The standard InChI is InChI=1S/C18H10N2O4/c21-17-11-5-3-7-14(20(23)24)15(11)18(22)16(17)13-9-8-10-4-1-2-6-12(10)19-13/h1-9,16H. The third kappa shape index (κ3) is 1.93. The van der Waals surface area contributed by atoms with Crippen molar-refractivity contribution in [2.24, 2.45) is 0 Å². The van der Waals surface area contributed by atoms with Crippen molar-refractivity contribution in [1.82, 2.24) is 4.98 Å². The van der Waals surface area contributed by atoms with Crippen LogP contribution in [-0.2, 0) is 0 Å². The van der Waals surface area contributed by atoms with Gasteiger partial charge >= 0.3 is 0 Å². The molecule has 0 aliphatic heterocycles. The fourth-order valence-electron chi connectivity index (χ4n) is 3.09. The number of hydrogen-bond donors (Lipinski definition) is 0. The molecule has 0 amide bonds. The summed E-state index contributed by atoms with van der Waals surface area (Å²) in [7, 11) is 0. The Hall–Kier alpha value is -3.41. The van der Waals surface area contributed by atoms with E-state index in [0.29, 0.717) is 11.2 Å². The summed E-state index contributed by atoms with van der Waals surface area (Å²) in [6, 6.07) is 14.9. The molecular weight excluding hydrogens is 308 g/mol. The highest BCUT2D eigenvalue weighted by Crippen LogP contribution is 2.38. The maximum absolute atomic E-state index is 12.7. The second-order valence-corrected chi connectivity index (χ2v) is 5.55. The Kier molecular flexibility index (Phi) is 2.99. The summed E-state index contributed by atoms with van der Waals surface area (Å²) in [4.78, 5) is 40.3. The van der Waals surface area contributed by atoms with E-state index in [1.165, 1.54) is 18.2 Å². The van der Waals surface area contributed by atoms with Gasteiger partial charge in [0, 0.05) is 17.0 Å². The molecule has 6 nitrogen and oxygen atoms in total. The molecule has 3 aromatic rings. The molecule has 0 N–H and O–H groups in total. The SMILES string of the molecule is O=C1c2cccc([N+](=O)[O-])c2C(=O)C1c1ccc2ccccc2n1. The zero-order valence-corrected chi connectivity index (χ0v) is 12.3. The van der Waals surface area contributed by atoms with Crippen LogP contribution >= 0.6 is 0 Å². The fraction of sp³-hybridized carbons (Fsp3) is 0.0556. The van der Waals surface area contributed by atoms with Gasteiger partial charge in [-0.25, -0.2) is 0 Å². The predicted molar refractivity (Wildman–Crippen MR) is 86.2 cm³/mol. The minimum Gasteiger partial charge on any atom is -0.293 e. The molecule has 1 aromatic heterocycles. The van der Waals surface area contributed by atoms with Crippen molar-refractivity contribution in [2.45, 2.75) is 5.92 Å². The average Bonchev–Trinajstić information content (AvgIpc) is 2.85. The number of carbonyl (C=O) groups excluding carboxylic acids is 2. The molecule has 2 aromatic carbocycles. The lowest BCUT2D eigenvalue weighted by atomic mass is 9.98. The van der Waals surface area contributed by atoms with Gasteiger partial charge in [-0.05, 0) is 12.1 Å². The van der Waals surface area contributed by atoms with E-state index in [1.54, 1.807) is 18.2 Å². The molecule has 0 radical (unpaired) electrons. The van der Waals surface area contributed by atoms with Gasteiger partial charge in [-0.3, -0.25) is 24.7 Å². The number of pyridine rings is 1. The summed E-state index contributed by atoms with van der Waals surface area (Å²) in [6.07, 6.45) is 0. The quantitative estimate of drug-likeness (QED) is 0.411. The lowest BCUT2D eigenvalue weighted by molar-refractivity contribution is -0.385. The van der Waals surface area contributed by atoms with Crippen molar-refractivity contribution in [2.75, 3.05) is 0 Å². The molecule has 0 saturated carbocycles. The number of aromatic nitrogens is 1. The third-order valence-electron chi connectivity index (χ3n) is 4.19. The van der Waals surface area contributed by atoms with Gasteiger partial charge in [0.2, 0.25) is 0 Å². The second-order valence-electron chi connectivity index (χ2n) is 5.55. The second kappa shape index (κ2) is 5.06. The van der Waals surface area contributed by atoms with Crippen molar-refractivity contribution in [3.8, 4) is 0 Å². The summed E-state index contributed by atoms with van der Waals surface area (Å²) in [5.41, 5.74) is 0.617. The molecule has 1 aliphatic rings. The maximum atomic E-state index is 12.7. The Balaban J connectivity index is 1.88. The summed E-state index contributed by atoms with van der Waals surface area (Å²) >= 11 is 0. The average molecular weight is 318 g/mol. The number of nitrogens with zero attached hydrogens (tertiary/aromatic N) is 2. The number of fused-ring (bicyclic) bond motifs is 2. The lowest BCUT2D eigenvalue weighted by Crippen LogP contribution is -2.14. The van der Waals surface area contributed by atoms with Crippen LogP contribution in [0.5, 0.6) is 0 Å². The van der Waals surface area contributed by atoms with E-state index in [2.05, 4.69) is 4.98 Å². The van der Waals surface area contributed by atoms with Gasteiger partial charge in [-0.1, -0.05) is 36.4 Å². The first-order chi connectivity index (χ1) is 11.6. The molecule has 4 rings (SSSR count). The van der Waals surface area contributed by atoms with Gasteiger partial charge in [-0.2, -0.15) is 0 Å². The fourth-order valence-corrected chi connectivity index (χ4v) is 3.09. The molecular formula is C18H10N2O4. The van der Waals surface area contributed by atoms with Crippen LogP contribution in [0.25, 0.3) is 10.9 Å². The number of carbonyl (C=O) groups is 2. The predicted octanol–water partition coefficient (Wildman–Crippen LogP) is 3.31. The van der Waals surface area contributed by atoms with Crippen LogP contribution in [0.2, 0.25) is 0 Å². The first kappa shape index (κ1) is 14.2. The van der Waals surface area contributed by atoms with E-state index in [1.807, 2.05) is 18.2 Å². The molecule has 116 valence electrons. The smallest absolute Gasteiger partial charge is 0.280 e. The van der Waals surface area contributed by atoms with Crippen molar-refractivity contribution < 1.29 is 14.5 Å². The molecule has 1 unspecified atom stereocenters. The summed E-state index contributed by atoms with van der Waals surface area (Å²) in [5.74, 6) is -2.13. The first-order valence-corrected chi connectivity index (χ1v) is 7.29. The van der Waals surface area contributed by atoms with Crippen molar-refractivity contribution in [3.05, 3.63) is 81.5 Å². The minimum absolute atomic E-state index is 0.0918. The van der Waals surface area contributed by atoms with E-state index in [9.17, 15) is 19.7 Å². The summed E-state index contributed by atoms with van der Waals surface area (Å²) < 4.78 is 0. The van der Waals surface area contributed by atoms with Crippen LogP contribution in [0.4, 0.5) is 5.69 Å².